The number of halogens is 1. The fourth-order valence-corrected chi connectivity index (χ4v) is 2.87. The van der Waals surface area contributed by atoms with Gasteiger partial charge in [0.15, 0.2) is 0 Å². The standard InChI is InChI=1S/C18H14BrNO4/c1-24-13-4-2-3-11(9-13)15-14(17(22)18(23)20-15)16(21)10-5-7-12(19)8-6-10/h2-9,15,21H,1H3,(H,20,23)/t15-/m0/s1. The molecule has 2 N–H and O–H groups in total. The van der Waals surface area contributed by atoms with Gasteiger partial charge in [-0.1, -0.05) is 40.2 Å². The normalized spacial score (nSPS) is 19.2. The zero-order chi connectivity index (χ0) is 17.3. The fourth-order valence-electron chi connectivity index (χ4n) is 2.60. The van der Waals surface area contributed by atoms with E-state index in [1.54, 1.807) is 48.5 Å². The van der Waals surface area contributed by atoms with Crippen LogP contribution in [0.1, 0.15) is 17.2 Å². The lowest BCUT2D eigenvalue weighted by Gasteiger charge is -2.14. The van der Waals surface area contributed by atoms with Crippen molar-refractivity contribution < 1.29 is 19.4 Å². The molecule has 1 atom stereocenters. The molecule has 0 aliphatic carbocycles. The molecule has 0 radical (unpaired) electrons. The Morgan fingerprint density at radius 3 is 2.54 bits per heavy atom. The molecule has 0 spiro atoms. The fraction of sp³-hybridized carbons (Fsp3) is 0.111. The Morgan fingerprint density at radius 2 is 1.88 bits per heavy atom. The predicted molar refractivity (Wildman–Crippen MR) is 92.6 cm³/mol. The summed E-state index contributed by atoms with van der Waals surface area (Å²) in [6.07, 6.45) is 0. The van der Waals surface area contributed by atoms with Crippen LogP contribution < -0.4 is 10.1 Å². The van der Waals surface area contributed by atoms with Crippen molar-refractivity contribution in [2.45, 2.75) is 6.04 Å². The third-order valence-electron chi connectivity index (χ3n) is 3.81. The second-order valence-electron chi connectivity index (χ2n) is 5.28. The van der Waals surface area contributed by atoms with E-state index >= 15 is 0 Å². The van der Waals surface area contributed by atoms with E-state index in [0.717, 1.165) is 4.47 Å². The summed E-state index contributed by atoms with van der Waals surface area (Å²) >= 11 is 3.32. The average Bonchev–Trinajstić information content (AvgIpc) is 2.90. The first-order valence-corrected chi connectivity index (χ1v) is 7.98. The Labute approximate surface area is 147 Å². The molecule has 0 saturated carbocycles. The summed E-state index contributed by atoms with van der Waals surface area (Å²) in [5, 5.41) is 13.2. The molecule has 1 heterocycles. The van der Waals surface area contributed by atoms with Gasteiger partial charge in [-0.3, -0.25) is 9.59 Å². The van der Waals surface area contributed by atoms with Crippen LogP contribution in [-0.4, -0.2) is 23.9 Å². The molecule has 1 saturated heterocycles. The lowest BCUT2D eigenvalue weighted by atomic mass is 9.96. The summed E-state index contributed by atoms with van der Waals surface area (Å²) in [6.45, 7) is 0. The third kappa shape index (κ3) is 2.92. The second-order valence-corrected chi connectivity index (χ2v) is 6.20. The van der Waals surface area contributed by atoms with Crippen LogP contribution in [0.2, 0.25) is 0 Å². The first-order chi connectivity index (χ1) is 11.5. The van der Waals surface area contributed by atoms with Gasteiger partial charge in [0.25, 0.3) is 11.7 Å². The number of amides is 1. The molecule has 24 heavy (non-hydrogen) atoms. The number of nitrogens with one attached hydrogen (secondary N) is 1. The first kappa shape index (κ1) is 16.3. The van der Waals surface area contributed by atoms with Crippen molar-refractivity contribution in [2.24, 2.45) is 0 Å². The minimum absolute atomic E-state index is 0.0376. The van der Waals surface area contributed by atoms with Crippen molar-refractivity contribution in [2.75, 3.05) is 7.11 Å². The van der Waals surface area contributed by atoms with Crippen molar-refractivity contribution in [3.8, 4) is 5.75 Å². The second kappa shape index (κ2) is 6.49. The van der Waals surface area contributed by atoms with E-state index in [1.807, 2.05) is 0 Å². The molecule has 6 heteroatoms. The summed E-state index contributed by atoms with van der Waals surface area (Å²) in [4.78, 5) is 24.1. The van der Waals surface area contributed by atoms with E-state index < -0.39 is 17.7 Å². The molecule has 1 aliphatic rings. The van der Waals surface area contributed by atoms with Crippen molar-refractivity contribution in [3.63, 3.8) is 0 Å². The Bertz CT molecular complexity index is 842. The van der Waals surface area contributed by atoms with Crippen molar-refractivity contribution >= 4 is 33.4 Å². The molecule has 1 aliphatic heterocycles. The molecular weight excluding hydrogens is 374 g/mol. The number of hydrogen-bond donors (Lipinski definition) is 2. The van der Waals surface area contributed by atoms with E-state index in [0.29, 0.717) is 16.9 Å². The molecule has 5 nitrogen and oxygen atoms in total. The number of carbonyl (C=O) groups excluding carboxylic acids is 2. The molecule has 1 amide bonds. The van der Waals surface area contributed by atoms with Crippen molar-refractivity contribution in [1.29, 1.82) is 0 Å². The van der Waals surface area contributed by atoms with E-state index in [2.05, 4.69) is 21.2 Å². The number of hydrogen-bond acceptors (Lipinski definition) is 4. The molecule has 1 fully saturated rings. The van der Waals surface area contributed by atoms with Crippen LogP contribution in [0.25, 0.3) is 5.76 Å². The van der Waals surface area contributed by atoms with Crippen LogP contribution in [0.3, 0.4) is 0 Å². The highest BCUT2D eigenvalue weighted by Crippen LogP contribution is 2.34. The first-order valence-electron chi connectivity index (χ1n) is 7.19. The predicted octanol–water partition coefficient (Wildman–Crippen LogP) is 3.17. The monoisotopic (exact) mass is 387 g/mol. The number of Topliss-reactive ketones (excluding diaryl/α,β-unsaturated/α-hetero) is 1. The summed E-state index contributed by atoms with van der Waals surface area (Å²) in [5.74, 6) is -1.08. The van der Waals surface area contributed by atoms with Gasteiger partial charge in [0.2, 0.25) is 0 Å². The number of ether oxygens (including phenoxy) is 1. The highest BCUT2D eigenvalue weighted by molar-refractivity contribution is 9.10. The minimum atomic E-state index is -0.735. The van der Waals surface area contributed by atoms with Crippen molar-refractivity contribution in [1.82, 2.24) is 5.32 Å². The van der Waals surface area contributed by atoms with Gasteiger partial charge in [-0.2, -0.15) is 0 Å². The maximum absolute atomic E-state index is 12.3. The van der Waals surface area contributed by atoms with Gasteiger partial charge in [0.05, 0.1) is 18.7 Å². The highest BCUT2D eigenvalue weighted by Gasteiger charge is 2.39. The molecule has 2 aromatic carbocycles. The lowest BCUT2D eigenvalue weighted by Crippen LogP contribution is -2.21. The van der Waals surface area contributed by atoms with Gasteiger partial charge >= 0.3 is 0 Å². The number of carbonyl (C=O) groups is 2. The van der Waals surface area contributed by atoms with Gasteiger partial charge in [-0.15, -0.1) is 0 Å². The molecule has 122 valence electrons. The summed E-state index contributed by atoms with van der Waals surface area (Å²) in [5.41, 5.74) is 1.16. The maximum atomic E-state index is 12.3. The van der Waals surface area contributed by atoms with Gasteiger partial charge in [-0.25, -0.2) is 0 Å². The van der Waals surface area contributed by atoms with Crippen molar-refractivity contribution in [3.05, 3.63) is 69.7 Å². The Balaban J connectivity index is 2.11. The summed E-state index contributed by atoms with van der Waals surface area (Å²) in [6, 6.07) is 13.1. The van der Waals surface area contributed by atoms with E-state index in [4.69, 9.17) is 4.74 Å². The van der Waals surface area contributed by atoms with E-state index in [-0.39, 0.29) is 11.3 Å². The van der Waals surface area contributed by atoms with Gasteiger partial charge in [0.1, 0.15) is 11.5 Å². The lowest BCUT2D eigenvalue weighted by molar-refractivity contribution is -0.133. The number of methoxy groups -OCH3 is 1. The number of rotatable bonds is 3. The molecule has 0 bridgehead atoms. The summed E-state index contributed by atoms with van der Waals surface area (Å²) in [7, 11) is 1.54. The third-order valence-corrected chi connectivity index (χ3v) is 4.34. The number of ketones is 1. The molecule has 3 rings (SSSR count). The Morgan fingerprint density at radius 1 is 1.17 bits per heavy atom. The van der Waals surface area contributed by atoms with Crippen LogP contribution in [0, 0.1) is 0 Å². The smallest absolute Gasteiger partial charge is 0.293 e. The summed E-state index contributed by atoms with van der Waals surface area (Å²) < 4.78 is 6.03. The van der Waals surface area contributed by atoms with Gasteiger partial charge in [0, 0.05) is 10.0 Å². The largest absolute Gasteiger partial charge is 0.507 e. The molecular formula is C18H14BrNO4. The topological polar surface area (TPSA) is 75.6 Å². The number of benzene rings is 2. The van der Waals surface area contributed by atoms with Crippen LogP contribution >= 0.6 is 15.9 Å². The van der Waals surface area contributed by atoms with Crippen LogP contribution in [0.4, 0.5) is 0 Å². The zero-order valence-electron chi connectivity index (χ0n) is 12.7. The Hall–Kier alpha value is -2.60. The zero-order valence-corrected chi connectivity index (χ0v) is 14.3. The molecule has 0 unspecified atom stereocenters. The van der Waals surface area contributed by atoms with E-state index in [1.165, 1.54) is 7.11 Å². The van der Waals surface area contributed by atoms with Crippen LogP contribution in [0.15, 0.2) is 58.6 Å². The molecule has 0 aromatic heterocycles. The number of aliphatic hydroxyl groups excluding tert-OH is 1. The van der Waals surface area contributed by atoms with E-state index in [9.17, 15) is 14.7 Å². The average molecular weight is 388 g/mol. The number of aliphatic hydroxyl groups is 1. The highest BCUT2D eigenvalue weighted by atomic mass is 79.9. The minimum Gasteiger partial charge on any atom is -0.507 e. The molecule has 2 aromatic rings. The maximum Gasteiger partial charge on any atom is 0.293 e. The van der Waals surface area contributed by atoms with Gasteiger partial charge in [-0.05, 0) is 29.8 Å². The Kier molecular flexibility index (Phi) is 4.40. The van der Waals surface area contributed by atoms with Crippen LogP contribution in [0.5, 0.6) is 5.75 Å². The SMILES string of the molecule is COc1cccc([C@@H]2NC(=O)C(=O)C2=C(O)c2ccc(Br)cc2)c1. The van der Waals surface area contributed by atoms with Crippen LogP contribution in [-0.2, 0) is 9.59 Å². The quantitative estimate of drug-likeness (QED) is 0.481. The van der Waals surface area contributed by atoms with Gasteiger partial charge < -0.3 is 15.2 Å².